The molecule has 0 saturated carbocycles. The maximum atomic E-state index is 12.0. The largest absolute Gasteiger partial charge is 0.423 e. The zero-order valence-electron chi connectivity index (χ0n) is 14.7. The van der Waals surface area contributed by atoms with Crippen molar-refractivity contribution in [1.82, 2.24) is 4.90 Å². The highest BCUT2D eigenvalue weighted by Crippen LogP contribution is 2.28. The molecule has 1 aromatic heterocycles. The van der Waals surface area contributed by atoms with E-state index in [0.717, 1.165) is 42.1 Å². The Labute approximate surface area is 138 Å². The van der Waals surface area contributed by atoms with Gasteiger partial charge in [0.15, 0.2) is 0 Å². The summed E-state index contributed by atoms with van der Waals surface area (Å²) in [6.45, 7) is 11.9. The predicted molar refractivity (Wildman–Crippen MR) is 95.0 cm³/mol. The third-order valence-corrected chi connectivity index (χ3v) is 4.97. The molecule has 1 atom stereocenters. The Bertz CT molecular complexity index is 760. The fourth-order valence-corrected chi connectivity index (χ4v) is 3.82. The van der Waals surface area contributed by atoms with E-state index in [9.17, 15) is 4.79 Å². The van der Waals surface area contributed by atoms with Crippen molar-refractivity contribution in [3.63, 3.8) is 0 Å². The molecular formula is C20H27NO2. The van der Waals surface area contributed by atoms with Crippen molar-refractivity contribution in [3.05, 3.63) is 45.3 Å². The number of benzene rings is 1. The van der Waals surface area contributed by atoms with Crippen molar-refractivity contribution in [2.75, 3.05) is 13.1 Å². The standard InChI is InChI=1S/C20H27NO2/c1-13(2)17-10-18-16(12-21-7-5-6-14(3)11-21)9-20(22)23-19(18)8-15(17)4/h8-10,13-14H,5-7,11-12H2,1-4H3/t14-/m1/s1. The Morgan fingerprint density at radius 1 is 1.30 bits per heavy atom. The van der Waals surface area contributed by atoms with Crippen LogP contribution in [0.1, 0.15) is 56.2 Å². The van der Waals surface area contributed by atoms with Crippen LogP contribution in [0, 0.1) is 12.8 Å². The second-order valence-corrected chi connectivity index (χ2v) is 7.43. The number of likely N-dealkylation sites (tertiary alicyclic amines) is 1. The summed E-state index contributed by atoms with van der Waals surface area (Å²) in [5, 5.41) is 1.09. The summed E-state index contributed by atoms with van der Waals surface area (Å²) in [5.41, 5.74) is 4.11. The molecule has 0 unspecified atom stereocenters. The molecule has 3 rings (SSSR count). The van der Waals surface area contributed by atoms with Crippen molar-refractivity contribution in [1.29, 1.82) is 0 Å². The average Bonchev–Trinajstić information content (AvgIpc) is 2.46. The van der Waals surface area contributed by atoms with Gasteiger partial charge in [0.2, 0.25) is 0 Å². The fourth-order valence-electron chi connectivity index (χ4n) is 3.82. The first-order valence-corrected chi connectivity index (χ1v) is 8.73. The van der Waals surface area contributed by atoms with Crippen molar-refractivity contribution >= 4 is 11.0 Å². The molecule has 1 aliphatic rings. The third-order valence-electron chi connectivity index (χ3n) is 4.97. The van der Waals surface area contributed by atoms with E-state index in [1.54, 1.807) is 6.07 Å². The fraction of sp³-hybridized carbons (Fsp3) is 0.550. The summed E-state index contributed by atoms with van der Waals surface area (Å²) in [5.74, 6) is 1.21. The topological polar surface area (TPSA) is 33.5 Å². The van der Waals surface area contributed by atoms with E-state index in [1.165, 1.54) is 24.0 Å². The molecule has 3 nitrogen and oxygen atoms in total. The number of aryl methyl sites for hydroxylation is 1. The van der Waals surface area contributed by atoms with Crippen LogP contribution in [0.2, 0.25) is 0 Å². The van der Waals surface area contributed by atoms with Crippen LogP contribution in [0.4, 0.5) is 0 Å². The Morgan fingerprint density at radius 3 is 2.78 bits per heavy atom. The highest BCUT2D eigenvalue weighted by atomic mass is 16.4. The zero-order valence-corrected chi connectivity index (χ0v) is 14.7. The Kier molecular flexibility index (Phi) is 4.58. The van der Waals surface area contributed by atoms with E-state index in [2.05, 4.69) is 38.7 Å². The second kappa shape index (κ2) is 6.48. The van der Waals surface area contributed by atoms with Gasteiger partial charge in [-0.05, 0) is 67.0 Å². The number of hydrogen-bond acceptors (Lipinski definition) is 3. The molecule has 2 heterocycles. The summed E-state index contributed by atoms with van der Waals surface area (Å²) in [6, 6.07) is 5.93. The maximum Gasteiger partial charge on any atom is 0.336 e. The van der Waals surface area contributed by atoms with Gasteiger partial charge >= 0.3 is 5.63 Å². The van der Waals surface area contributed by atoms with Gasteiger partial charge in [0.05, 0.1) is 0 Å². The van der Waals surface area contributed by atoms with E-state index in [-0.39, 0.29) is 5.63 Å². The minimum atomic E-state index is -0.241. The smallest absolute Gasteiger partial charge is 0.336 e. The molecule has 0 aliphatic carbocycles. The van der Waals surface area contributed by atoms with Crippen LogP contribution < -0.4 is 5.63 Å². The van der Waals surface area contributed by atoms with Gasteiger partial charge in [-0.25, -0.2) is 4.79 Å². The molecule has 0 bridgehead atoms. The molecule has 0 radical (unpaired) electrons. The lowest BCUT2D eigenvalue weighted by atomic mass is 9.94. The molecule has 0 spiro atoms. The van der Waals surface area contributed by atoms with Crippen molar-refractivity contribution in [3.8, 4) is 0 Å². The van der Waals surface area contributed by atoms with Crippen molar-refractivity contribution in [2.24, 2.45) is 5.92 Å². The molecule has 124 valence electrons. The number of rotatable bonds is 3. The van der Waals surface area contributed by atoms with Gasteiger partial charge in [-0.15, -0.1) is 0 Å². The van der Waals surface area contributed by atoms with Crippen LogP contribution in [0.15, 0.2) is 27.4 Å². The predicted octanol–water partition coefficient (Wildman–Crippen LogP) is 4.46. The lowest BCUT2D eigenvalue weighted by Gasteiger charge is -2.31. The Balaban J connectivity index is 2.04. The highest BCUT2D eigenvalue weighted by Gasteiger charge is 2.18. The van der Waals surface area contributed by atoms with E-state index in [0.29, 0.717) is 5.92 Å². The summed E-state index contributed by atoms with van der Waals surface area (Å²) in [4.78, 5) is 14.4. The first-order valence-electron chi connectivity index (χ1n) is 8.73. The zero-order chi connectivity index (χ0) is 16.6. The summed E-state index contributed by atoms with van der Waals surface area (Å²) >= 11 is 0. The Morgan fingerprint density at radius 2 is 2.09 bits per heavy atom. The summed E-state index contributed by atoms with van der Waals surface area (Å²) in [6.07, 6.45) is 2.56. The van der Waals surface area contributed by atoms with Gasteiger partial charge in [-0.3, -0.25) is 4.90 Å². The SMILES string of the molecule is Cc1cc2oc(=O)cc(CN3CCC[C@@H](C)C3)c2cc1C(C)C. The first-order chi connectivity index (χ1) is 10.9. The van der Waals surface area contributed by atoms with Crippen LogP contribution >= 0.6 is 0 Å². The molecule has 0 N–H and O–H groups in total. The van der Waals surface area contributed by atoms with Gasteiger partial charge in [0.1, 0.15) is 5.58 Å². The van der Waals surface area contributed by atoms with E-state index < -0.39 is 0 Å². The molecule has 1 fully saturated rings. The minimum Gasteiger partial charge on any atom is -0.423 e. The maximum absolute atomic E-state index is 12.0. The molecular weight excluding hydrogens is 286 g/mol. The number of fused-ring (bicyclic) bond motifs is 1. The lowest BCUT2D eigenvalue weighted by Crippen LogP contribution is -2.34. The molecule has 23 heavy (non-hydrogen) atoms. The van der Waals surface area contributed by atoms with Gasteiger partial charge < -0.3 is 4.42 Å². The summed E-state index contributed by atoms with van der Waals surface area (Å²) < 4.78 is 5.45. The molecule has 3 heteroatoms. The van der Waals surface area contributed by atoms with Crippen molar-refractivity contribution < 1.29 is 4.42 Å². The van der Waals surface area contributed by atoms with Gasteiger partial charge in [-0.1, -0.05) is 20.8 Å². The summed E-state index contributed by atoms with van der Waals surface area (Å²) in [7, 11) is 0. The highest BCUT2D eigenvalue weighted by molar-refractivity contribution is 5.82. The van der Waals surface area contributed by atoms with Crippen LogP contribution in [0.5, 0.6) is 0 Å². The number of hydrogen-bond donors (Lipinski definition) is 0. The van der Waals surface area contributed by atoms with E-state index in [4.69, 9.17) is 4.42 Å². The van der Waals surface area contributed by atoms with Crippen LogP contribution in [0.3, 0.4) is 0 Å². The average molecular weight is 313 g/mol. The normalized spacial score (nSPS) is 19.6. The molecule has 1 aliphatic heterocycles. The number of nitrogens with zero attached hydrogens (tertiary/aromatic N) is 1. The second-order valence-electron chi connectivity index (χ2n) is 7.43. The van der Waals surface area contributed by atoms with Gasteiger partial charge in [0, 0.05) is 24.5 Å². The van der Waals surface area contributed by atoms with Gasteiger partial charge in [-0.2, -0.15) is 0 Å². The molecule has 1 aromatic carbocycles. The quantitative estimate of drug-likeness (QED) is 0.785. The molecule has 0 amide bonds. The third kappa shape index (κ3) is 3.50. The van der Waals surface area contributed by atoms with Crippen LogP contribution in [-0.2, 0) is 6.54 Å². The molecule has 1 saturated heterocycles. The van der Waals surface area contributed by atoms with Crippen LogP contribution in [0.25, 0.3) is 11.0 Å². The molecule has 2 aromatic rings. The minimum absolute atomic E-state index is 0.241. The van der Waals surface area contributed by atoms with Gasteiger partial charge in [0.25, 0.3) is 0 Å². The number of piperidine rings is 1. The monoisotopic (exact) mass is 313 g/mol. The van der Waals surface area contributed by atoms with E-state index in [1.807, 2.05) is 6.07 Å². The Hall–Kier alpha value is -1.61. The lowest BCUT2D eigenvalue weighted by molar-refractivity contribution is 0.177. The van der Waals surface area contributed by atoms with E-state index >= 15 is 0 Å². The first kappa shape index (κ1) is 16.3. The van der Waals surface area contributed by atoms with Crippen molar-refractivity contribution in [2.45, 2.75) is 53.0 Å². The van der Waals surface area contributed by atoms with Crippen LogP contribution in [-0.4, -0.2) is 18.0 Å².